The second kappa shape index (κ2) is 6.94. The maximum absolute atomic E-state index is 12.1. The van der Waals surface area contributed by atoms with Gasteiger partial charge < -0.3 is 4.98 Å². The standard InChI is InChI=1S/C16H15F3N4O2S/c17-16(18,19)7-1-9-26(24,25)23-12-4-2-11(3-5-12)14-13-6-8-20-15(13)22-10-21-14/h2-6,8,10,23H,1,7,9H2,(H,20,21,22). The van der Waals surface area contributed by atoms with Gasteiger partial charge in [0.1, 0.15) is 12.0 Å². The summed E-state index contributed by atoms with van der Waals surface area (Å²) in [5.41, 5.74) is 2.41. The van der Waals surface area contributed by atoms with Crippen LogP contribution in [0.25, 0.3) is 22.3 Å². The highest BCUT2D eigenvalue weighted by Crippen LogP contribution is 2.26. The normalized spacial score (nSPS) is 12.4. The number of halogens is 3. The summed E-state index contributed by atoms with van der Waals surface area (Å²) in [6, 6.07) is 8.28. The average molecular weight is 384 g/mol. The monoisotopic (exact) mass is 384 g/mol. The second-order valence-electron chi connectivity index (χ2n) is 5.68. The molecule has 10 heteroatoms. The van der Waals surface area contributed by atoms with Gasteiger partial charge in [-0.1, -0.05) is 12.1 Å². The molecule has 2 heterocycles. The van der Waals surface area contributed by atoms with Gasteiger partial charge in [0.05, 0.1) is 11.4 Å². The van der Waals surface area contributed by atoms with Crippen LogP contribution < -0.4 is 4.72 Å². The van der Waals surface area contributed by atoms with Crippen LogP contribution in [0.4, 0.5) is 18.9 Å². The number of H-pyrrole nitrogens is 1. The van der Waals surface area contributed by atoms with Crippen LogP contribution in [0, 0.1) is 0 Å². The number of fused-ring (bicyclic) bond motifs is 1. The first-order valence-corrected chi connectivity index (χ1v) is 9.34. The van der Waals surface area contributed by atoms with Crippen molar-refractivity contribution in [2.24, 2.45) is 0 Å². The molecule has 0 saturated heterocycles. The van der Waals surface area contributed by atoms with Crippen LogP contribution in [0.3, 0.4) is 0 Å². The molecule has 0 bridgehead atoms. The molecule has 0 saturated carbocycles. The number of alkyl halides is 3. The number of hydrogen-bond donors (Lipinski definition) is 2. The summed E-state index contributed by atoms with van der Waals surface area (Å²) in [6.45, 7) is 0. The van der Waals surface area contributed by atoms with E-state index in [1.165, 1.54) is 18.5 Å². The highest BCUT2D eigenvalue weighted by atomic mass is 32.2. The molecule has 0 spiro atoms. The van der Waals surface area contributed by atoms with Crippen molar-refractivity contribution in [1.29, 1.82) is 0 Å². The molecule has 2 N–H and O–H groups in total. The van der Waals surface area contributed by atoms with E-state index in [4.69, 9.17) is 0 Å². The van der Waals surface area contributed by atoms with Crippen molar-refractivity contribution >= 4 is 26.7 Å². The van der Waals surface area contributed by atoms with E-state index in [0.717, 1.165) is 10.9 Å². The Labute approximate surface area is 147 Å². The summed E-state index contributed by atoms with van der Waals surface area (Å²) in [5.74, 6) is -0.593. The number of benzene rings is 1. The zero-order chi connectivity index (χ0) is 18.8. The van der Waals surface area contributed by atoms with E-state index in [1.807, 2.05) is 6.07 Å². The number of sulfonamides is 1. The third kappa shape index (κ3) is 4.51. The molecule has 0 aliphatic heterocycles. The van der Waals surface area contributed by atoms with Gasteiger partial charge in [0.15, 0.2) is 0 Å². The third-order valence-electron chi connectivity index (χ3n) is 3.66. The van der Waals surface area contributed by atoms with Crippen LogP contribution in [-0.4, -0.2) is 35.3 Å². The molecule has 0 amide bonds. The lowest BCUT2D eigenvalue weighted by Crippen LogP contribution is -2.18. The van der Waals surface area contributed by atoms with Crippen molar-refractivity contribution in [2.45, 2.75) is 19.0 Å². The number of nitrogens with one attached hydrogen (secondary N) is 2. The highest BCUT2D eigenvalue weighted by molar-refractivity contribution is 7.92. The minimum atomic E-state index is -4.36. The van der Waals surface area contributed by atoms with Crippen molar-refractivity contribution in [3.05, 3.63) is 42.9 Å². The molecule has 0 fully saturated rings. The van der Waals surface area contributed by atoms with E-state index < -0.39 is 34.8 Å². The maximum Gasteiger partial charge on any atom is 0.389 e. The summed E-state index contributed by atoms with van der Waals surface area (Å²) in [4.78, 5) is 11.3. The molecule has 3 aromatic rings. The van der Waals surface area contributed by atoms with Crippen molar-refractivity contribution in [2.75, 3.05) is 10.5 Å². The fraction of sp³-hybridized carbons (Fsp3) is 0.250. The number of hydrogen-bond acceptors (Lipinski definition) is 4. The molecule has 6 nitrogen and oxygen atoms in total. The molecule has 2 aromatic heterocycles. The van der Waals surface area contributed by atoms with Gasteiger partial charge in [-0.05, 0) is 24.6 Å². The molecular formula is C16H15F3N4O2S. The smallest absolute Gasteiger partial charge is 0.346 e. The van der Waals surface area contributed by atoms with E-state index in [0.29, 0.717) is 11.3 Å². The second-order valence-corrected chi connectivity index (χ2v) is 7.52. The van der Waals surface area contributed by atoms with E-state index in [1.54, 1.807) is 18.3 Å². The van der Waals surface area contributed by atoms with Gasteiger partial charge in [0.25, 0.3) is 0 Å². The molecule has 1 aromatic carbocycles. The van der Waals surface area contributed by atoms with Gasteiger partial charge in [0, 0.05) is 29.3 Å². The quantitative estimate of drug-likeness (QED) is 0.678. The first-order valence-electron chi connectivity index (χ1n) is 7.69. The fourth-order valence-electron chi connectivity index (χ4n) is 2.49. The molecule has 0 radical (unpaired) electrons. The van der Waals surface area contributed by atoms with Gasteiger partial charge in [-0.2, -0.15) is 13.2 Å². The number of aromatic amines is 1. The molecule has 0 aliphatic carbocycles. The lowest BCUT2D eigenvalue weighted by atomic mass is 10.1. The topological polar surface area (TPSA) is 87.7 Å². The number of anilines is 1. The Hall–Kier alpha value is -2.62. The molecule has 26 heavy (non-hydrogen) atoms. The van der Waals surface area contributed by atoms with Gasteiger partial charge in [-0.25, -0.2) is 18.4 Å². The Kier molecular flexibility index (Phi) is 4.86. The van der Waals surface area contributed by atoms with Crippen molar-refractivity contribution in [3.63, 3.8) is 0 Å². The molecule has 0 aliphatic rings. The minimum absolute atomic E-state index is 0.278. The summed E-state index contributed by atoms with van der Waals surface area (Å²) >= 11 is 0. The molecule has 3 rings (SSSR count). The number of rotatable bonds is 6. The van der Waals surface area contributed by atoms with Gasteiger partial charge in [-0.3, -0.25) is 4.72 Å². The lowest BCUT2D eigenvalue weighted by molar-refractivity contribution is -0.134. The predicted octanol–water partition coefficient (Wildman–Crippen LogP) is 3.71. The number of nitrogens with zero attached hydrogens (tertiary/aromatic N) is 2. The Morgan fingerprint density at radius 2 is 1.81 bits per heavy atom. The summed E-state index contributed by atoms with van der Waals surface area (Å²) in [5, 5.41) is 0.827. The van der Waals surface area contributed by atoms with Crippen LogP contribution in [0.2, 0.25) is 0 Å². The fourth-order valence-corrected chi connectivity index (χ4v) is 3.61. The highest BCUT2D eigenvalue weighted by Gasteiger charge is 2.27. The SMILES string of the molecule is O=S(=O)(CCCC(F)(F)F)Nc1ccc(-c2ncnc3[nH]ccc23)cc1. The largest absolute Gasteiger partial charge is 0.389 e. The first-order chi connectivity index (χ1) is 12.2. The van der Waals surface area contributed by atoms with Crippen LogP contribution in [0.1, 0.15) is 12.8 Å². The minimum Gasteiger partial charge on any atom is -0.346 e. The van der Waals surface area contributed by atoms with Gasteiger partial charge in [0.2, 0.25) is 10.0 Å². The molecule has 138 valence electrons. The maximum atomic E-state index is 12.1. The Morgan fingerprint density at radius 3 is 2.50 bits per heavy atom. The van der Waals surface area contributed by atoms with Crippen molar-refractivity contribution < 1.29 is 21.6 Å². The average Bonchev–Trinajstić information content (AvgIpc) is 3.02. The third-order valence-corrected chi connectivity index (χ3v) is 5.03. The zero-order valence-corrected chi connectivity index (χ0v) is 14.2. The summed E-state index contributed by atoms with van der Waals surface area (Å²) in [7, 11) is -3.84. The van der Waals surface area contributed by atoms with Gasteiger partial charge >= 0.3 is 6.18 Å². The van der Waals surface area contributed by atoms with Crippen LogP contribution in [0.15, 0.2) is 42.9 Å². The lowest BCUT2D eigenvalue weighted by Gasteiger charge is -2.10. The van der Waals surface area contributed by atoms with Crippen molar-refractivity contribution in [1.82, 2.24) is 15.0 Å². The van der Waals surface area contributed by atoms with Crippen molar-refractivity contribution in [3.8, 4) is 11.3 Å². The van der Waals surface area contributed by atoms with Crippen LogP contribution >= 0.6 is 0 Å². The Bertz CT molecular complexity index is 998. The van der Waals surface area contributed by atoms with Gasteiger partial charge in [-0.15, -0.1) is 0 Å². The van der Waals surface area contributed by atoms with E-state index in [2.05, 4.69) is 19.7 Å². The number of aromatic nitrogens is 3. The van der Waals surface area contributed by atoms with E-state index in [9.17, 15) is 21.6 Å². The van der Waals surface area contributed by atoms with Crippen LogP contribution in [0.5, 0.6) is 0 Å². The Balaban J connectivity index is 1.71. The first kappa shape index (κ1) is 18.2. The van der Waals surface area contributed by atoms with E-state index in [-0.39, 0.29) is 5.69 Å². The van der Waals surface area contributed by atoms with Crippen LogP contribution in [-0.2, 0) is 10.0 Å². The Morgan fingerprint density at radius 1 is 1.08 bits per heavy atom. The molecule has 0 unspecified atom stereocenters. The zero-order valence-electron chi connectivity index (χ0n) is 13.4. The summed E-state index contributed by atoms with van der Waals surface area (Å²) in [6.07, 6.45) is -2.81. The van der Waals surface area contributed by atoms with E-state index >= 15 is 0 Å². The summed E-state index contributed by atoms with van der Waals surface area (Å²) < 4.78 is 62.4. The molecular weight excluding hydrogens is 369 g/mol. The predicted molar refractivity (Wildman–Crippen MR) is 92.0 cm³/mol. The molecule has 0 atom stereocenters.